The minimum atomic E-state index is -0.948. The van der Waals surface area contributed by atoms with E-state index >= 15 is 0 Å². The van der Waals surface area contributed by atoms with E-state index in [-0.39, 0.29) is 28.5 Å². The van der Waals surface area contributed by atoms with Gasteiger partial charge in [0, 0.05) is 59.2 Å². The highest BCUT2D eigenvalue weighted by Crippen LogP contribution is 2.50. The number of benzene rings is 3. The van der Waals surface area contributed by atoms with Gasteiger partial charge in [-0.2, -0.15) is 0 Å². The average molecular weight is 850 g/mol. The van der Waals surface area contributed by atoms with Crippen LogP contribution in [0, 0.1) is 5.92 Å². The number of likely N-dealkylation sites (tertiary alicyclic amines) is 1. The van der Waals surface area contributed by atoms with Gasteiger partial charge in [0.15, 0.2) is 0 Å². The van der Waals surface area contributed by atoms with E-state index in [0.29, 0.717) is 62.2 Å². The fraction of sp³-hybridized carbons (Fsp3) is 0.333. The maximum absolute atomic E-state index is 12.5. The van der Waals surface area contributed by atoms with Crippen LogP contribution in [0.5, 0.6) is 11.5 Å². The molecule has 0 radical (unpaired) electrons. The Kier molecular flexibility index (Phi) is 12.0. The highest BCUT2D eigenvalue weighted by molar-refractivity contribution is 6.48. The predicted molar refractivity (Wildman–Crippen MR) is 232 cm³/mol. The highest BCUT2D eigenvalue weighted by Gasteiger charge is 2.54. The summed E-state index contributed by atoms with van der Waals surface area (Å²) in [5.74, 6) is 1.53. The smallest absolute Gasteiger partial charge is 0.134 e. The quantitative estimate of drug-likeness (QED) is 0.0734. The number of methoxy groups -OCH3 is 2. The fourth-order valence-electron chi connectivity index (χ4n) is 8.89. The number of rotatable bonds is 12. The van der Waals surface area contributed by atoms with Gasteiger partial charge < -0.3 is 24.2 Å². The molecule has 7 atom stereocenters. The lowest BCUT2D eigenvalue weighted by Crippen LogP contribution is -2.66. The minimum absolute atomic E-state index is 0.188. The Morgan fingerprint density at radius 1 is 0.842 bits per heavy atom. The number of aliphatic hydroxyl groups is 2. The predicted octanol–water partition coefficient (Wildman–Crippen LogP) is 10.5. The Balaban J connectivity index is 1.24. The maximum atomic E-state index is 12.5. The topological polar surface area (TPSA) is 87.9 Å². The van der Waals surface area contributed by atoms with Crippen molar-refractivity contribution in [3.05, 3.63) is 141 Å². The lowest BCUT2D eigenvalue weighted by atomic mass is 9.74. The lowest BCUT2D eigenvalue weighted by Gasteiger charge is -2.56. The van der Waals surface area contributed by atoms with Crippen molar-refractivity contribution in [3.8, 4) is 11.5 Å². The second-order valence-corrected chi connectivity index (χ2v) is 17.0. The van der Waals surface area contributed by atoms with E-state index in [4.69, 9.17) is 55.9 Å². The molecule has 2 aromatic heterocycles. The first kappa shape index (κ1) is 41.5. The van der Waals surface area contributed by atoms with E-state index in [1.807, 2.05) is 72.8 Å². The zero-order valence-corrected chi connectivity index (χ0v) is 35.5. The summed E-state index contributed by atoms with van der Waals surface area (Å²) in [6.45, 7) is 11.5. The molecule has 2 aliphatic heterocycles. The van der Waals surface area contributed by atoms with Crippen LogP contribution in [0.1, 0.15) is 54.2 Å². The van der Waals surface area contributed by atoms with E-state index in [9.17, 15) is 10.2 Å². The number of halogens is 4. The summed E-state index contributed by atoms with van der Waals surface area (Å²) in [4.78, 5) is 11.1. The third-order valence-corrected chi connectivity index (χ3v) is 14.4. The molecule has 5 aromatic rings. The van der Waals surface area contributed by atoms with Gasteiger partial charge in [0.25, 0.3) is 0 Å². The summed E-state index contributed by atoms with van der Waals surface area (Å²) in [5.41, 5.74) is 3.40. The molecule has 298 valence electrons. The number of nitrogens with zero attached hydrogens (tertiary/aromatic N) is 4. The minimum Gasteiger partial charge on any atom is -0.497 e. The summed E-state index contributed by atoms with van der Waals surface area (Å²) in [5, 5.41) is 27.2. The number of likely N-dealkylation sites (N-methyl/N-ethyl adjacent to an activating group) is 1. The molecule has 2 N–H and O–H groups in total. The summed E-state index contributed by atoms with van der Waals surface area (Å²) in [6, 6.07) is 14.3. The van der Waals surface area contributed by atoms with Crippen LogP contribution in [0.4, 0.5) is 0 Å². The molecule has 57 heavy (non-hydrogen) atoms. The summed E-state index contributed by atoms with van der Waals surface area (Å²) in [6.07, 6.45) is 10.9. The van der Waals surface area contributed by atoms with Gasteiger partial charge in [-0.3, -0.25) is 14.9 Å². The molecule has 4 heterocycles. The van der Waals surface area contributed by atoms with Gasteiger partial charge in [0.2, 0.25) is 0 Å². The lowest BCUT2D eigenvalue weighted by molar-refractivity contribution is -0.981. The van der Waals surface area contributed by atoms with Crippen molar-refractivity contribution in [1.29, 1.82) is 0 Å². The molecule has 12 heteroatoms. The maximum Gasteiger partial charge on any atom is 0.134 e. The second kappa shape index (κ2) is 16.5. The number of quaternary nitrogens is 1. The van der Waals surface area contributed by atoms with Gasteiger partial charge in [0.1, 0.15) is 29.7 Å². The van der Waals surface area contributed by atoms with Gasteiger partial charge in [-0.25, -0.2) is 0 Å². The molecule has 0 saturated carbocycles. The van der Waals surface area contributed by atoms with Gasteiger partial charge in [-0.15, -0.1) is 13.2 Å². The molecule has 7 unspecified atom stereocenters. The van der Waals surface area contributed by atoms with Crippen molar-refractivity contribution in [1.82, 2.24) is 14.9 Å². The van der Waals surface area contributed by atoms with Crippen molar-refractivity contribution in [2.45, 2.75) is 62.7 Å². The van der Waals surface area contributed by atoms with Crippen LogP contribution in [0.3, 0.4) is 0 Å². The number of ether oxygens (including phenoxy) is 2. The molecular formula is C45H47Cl4N4O4+. The molecule has 0 amide bonds. The fourth-order valence-corrected chi connectivity index (χ4v) is 10.1. The van der Waals surface area contributed by atoms with Crippen LogP contribution >= 0.6 is 46.4 Å². The van der Waals surface area contributed by atoms with E-state index in [1.54, 1.807) is 26.6 Å². The SMILES string of the molecule is C=CC1CCC(C)(C(O)c2ccnc3ccc(OC)cc23)[N+](C)(Cc2c(Cl)c(Cl)c(CN3C(C=C)C=CC3C(O)c3ccnc4ccc(OC)cc34)c(Cl)c2Cl)C1. The molecule has 0 aliphatic carbocycles. The number of aromatic nitrogens is 2. The number of hydrogen-bond donors (Lipinski definition) is 2. The molecular weight excluding hydrogens is 802 g/mol. The molecule has 1 saturated heterocycles. The van der Waals surface area contributed by atoms with Crippen LogP contribution < -0.4 is 9.47 Å². The largest absolute Gasteiger partial charge is 0.497 e. The van der Waals surface area contributed by atoms with E-state index in [1.165, 1.54) is 0 Å². The first-order chi connectivity index (χ1) is 27.3. The van der Waals surface area contributed by atoms with Crippen molar-refractivity contribution in [2.24, 2.45) is 5.92 Å². The standard InChI is InChI=1S/C45H47Cl4N4O4/c1-7-26-15-18-45(3,44(55)31-17-20-51-37-13-11-29(57-6)22-33(31)37)53(4,24-26)25-35-41(48)39(46)34(40(47)42(35)49)23-52-27(8-2)9-14-38(52)43(54)30-16-19-50-36-12-10-28(56-5)21-32(30)36/h7-14,16-17,19-22,26-27,38,43-44,54-55H,1-2,15,18,23-25H2,3-6H3/q+1. The van der Waals surface area contributed by atoms with Gasteiger partial charge in [0.05, 0.1) is 71.1 Å². The third kappa shape index (κ3) is 7.34. The van der Waals surface area contributed by atoms with Gasteiger partial charge in [-0.1, -0.05) is 70.7 Å². The van der Waals surface area contributed by atoms with Crippen LogP contribution in [0.25, 0.3) is 21.8 Å². The number of pyridine rings is 2. The van der Waals surface area contributed by atoms with Gasteiger partial charge in [-0.05, 0) is 73.0 Å². The van der Waals surface area contributed by atoms with Crippen LogP contribution in [-0.4, -0.2) is 75.0 Å². The molecule has 2 aliphatic rings. The van der Waals surface area contributed by atoms with E-state index in [2.05, 4.69) is 42.0 Å². The van der Waals surface area contributed by atoms with E-state index < -0.39 is 23.8 Å². The van der Waals surface area contributed by atoms with Gasteiger partial charge >= 0.3 is 0 Å². The molecule has 0 spiro atoms. The van der Waals surface area contributed by atoms with Crippen molar-refractivity contribution in [3.63, 3.8) is 0 Å². The Hall–Kier alpha value is -3.70. The average Bonchev–Trinajstić information content (AvgIpc) is 3.65. The van der Waals surface area contributed by atoms with Crippen molar-refractivity contribution in [2.75, 3.05) is 27.8 Å². The number of hydrogen-bond acceptors (Lipinski definition) is 7. The number of fused-ring (bicyclic) bond motifs is 2. The summed E-state index contributed by atoms with van der Waals surface area (Å²) >= 11 is 29.0. The van der Waals surface area contributed by atoms with Crippen LogP contribution in [0.15, 0.2) is 98.4 Å². The monoisotopic (exact) mass is 847 g/mol. The molecule has 1 fully saturated rings. The Morgan fingerprint density at radius 3 is 1.96 bits per heavy atom. The second-order valence-electron chi connectivity index (χ2n) is 15.5. The Morgan fingerprint density at radius 2 is 1.40 bits per heavy atom. The molecule has 7 rings (SSSR count). The highest BCUT2D eigenvalue weighted by atomic mass is 35.5. The summed E-state index contributed by atoms with van der Waals surface area (Å²) < 4.78 is 11.4. The van der Waals surface area contributed by atoms with E-state index in [0.717, 1.165) is 33.8 Å². The zero-order valence-electron chi connectivity index (χ0n) is 32.4. The zero-order chi connectivity index (χ0) is 40.8. The summed E-state index contributed by atoms with van der Waals surface area (Å²) in [7, 11) is 5.35. The van der Waals surface area contributed by atoms with Crippen molar-refractivity contribution >= 4 is 68.2 Å². The first-order valence-electron chi connectivity index (χ1n) is 18.9. The number of piperidine rings is 1. The normalized spacial score (nSPS) is 24.8. The Labute approximate surface area is 354 Å². The van der Waals surface area contributed by atoms with Crippen LogP contribution in [0.2, 0.25) is 20.1 Å². The first-order valence-corrected chi connectivity index (χ1v) is 20.4. The van der Waals surface area contributed by atoms with Crippen LogP contribution in [-0.2, 0) is 13.1 Å². The third-order valence-electron chi connectivity index (χ3n) is 12.5. The molecule has 8 nitrogen and oxygen atoms in total. The molecule has 3 aromatic carbocycles. The Bertz CT molecular complexity index is 2360. The molecule has 0 bridgehead atoms. The number of aliphatic hydroxyl groups excluding tert-OH is 2. The van der Waals surface area contributed by atoms with Crippen molar-refractivity contribution < 1.29 is 24.2 Å².